The smallest absolute Gasteiger partial charge is 0.321 e. The molecule has 2 amide bonds. The SMILES string of the molecule is Cc1cccc(N2CCN(C(=O)N/C=C/C3CCCC3)CC2)c1C.Cl. The monoisotopic (exact) mass is 363 g/mol. The molecular weight excluding hydrogens is 334 g/mol. The van der Waals surface area contributed by atoms with Crippen molar-refractivity contribution in [2.24, 2.45) is 5.92 Å². The van der Waals surface area contributed by atoms with Crippen LogP contribution in [0.3, 0.4) is 0 Å². The molecule has 1 aromatic carbocycles. The lowest BCUT2D eigenvalue weighted by atomic mass is 10.1. The highest BCUT2D eigenvalue weighted by Gasteiger charge is 2.21. The highest BCUT2D eigenvalue weighted by molar-refractivity contribution is 5.85. The first-order valence-corrected chi connectivity index (χ1v) is 9.18. The first kappa shape index (κ1) is 19.6. The number of carbonyl (C=O) groups is 1. The number of benzene rings is 1. The van der Waals surface area contributed by atoms with E-state index in [0.29, 0.717) is 5.92 Å². The number of hydrogen-bond donors (Lipinski definition) is 1. The summed E-state index contributed by atoms with van der Waals surface area (Å²) in [6.07, 6.45) is 9.20. The molecule has 1 N–H and O–H groups in total. The van der Waals surface area contributed by atoms with Crippen LogP contribution in [0, 0.1) is 19.8 Å². The number of aryl methyl sites for hydroxylation is 1. The largest absolute Gasteiger partial charge is 0.368 e. The normalized spacial score (nSPS) is 18.5. The van der Waals surface area contributed by atoms with Gasteiger partial charge < -0.3 is 15.1 Å². The minimum Gasteiger partial charge on any atom is -0.368 e. The zero-order chi connectivity index (χ0) is 16.9. The summed E-state index contributed by atoms with van der Waals surface area (Å²) in [6, 6.07) is 6.48. The van der Waals surface area contributed by atoms with E-state index in [1.165, 1.54) is 42.5 Å². The molecule has 2 fully saturated rings. The van der Waals surface area contributed by atoms with E-state index in [1.54, 1.807) is 0 Å². The molecule has 0 bridgehead atoms. The second kappa shape index (κ2) is 9.14. The van der Waals surface area contributed by atoms with Crippen molar-refractivity contribution in [1.82, 2.24) is 10.2 Å². The maximum Gasteiger partial charge on any atom is 0.321 e. The zero-order valence-corrected chi connectivity index (χ0v) is 16.1. The topological polar surface area (TPSA) is 35.6 Å². The molecule has 0 atom stereocenters. The molecule has 2 aliphatic rings. The molecule has 1 aliphatic heterocycles. The van der Waals surface area contributed by atoms with Crippen LogP contribution in [0.2, 0.25) is 0 Å². The van der Waals surface area contributed by atoms with E-state index in [1.807, 2.05) is 11.1 Å². The Kier molecular flexibility index (Phi) is 7.18. The van der Waals surface area contributed by atoms with Gasteiger partial charge in [-0.2, -0.15) is 0 Å². The summed E-state index contributed by atoms with van der Waals surface area (Å²) in [5.41, 5.74) is 3.97. The van der Waals surface area contributed by atoms with Gasteiger partial charge in [0.1, 0.15) is 0 Å². The molecule has 25 heavy (non-hydrogen) atoms. The molecule has 1 saturated heterocycles. The standard InChI is InChI=1S/C20H29N3O.ClH/c1-16-6-5-9-19(17(16)2)22-12-14-23(15-13-22)20(24)21-11-10-18-7-3-4-8-18;/h5-6,9-11,18H,3-4,7-8,12-15H2,1-2H3,(H,21,24);1H/b11-10+;. The molecular formula is C20H30ClN3O. The Morgan fingerprint density at radius 2 is 1.80 bits per heavy atom. The van der Waals surface area contributed by atoms with Crippen LogP contribution in [-0.4, -0.2) is 37.1 Å². The number of rotatable bonds is 3. The number of nitrogens with zero attached hydrogens (tertiary/aromatic N) is 2. The predicted molar refractivity (Wildman–Crippen MR) is 107 cm³/mol. The second-order valence-corrected chi connectivity index (χ2v) is 7.05. The molecule has 0 spiro atoms. The van der Waals surface area contributed by atoms with Crippen LogP contribution in [0.5, 0.6) is 0 Å². The number of urea groups is 1. The van der Waals surface area contributed by atoms with E-state index < -0.39 is 0 Å². The fraction of sp³-hybridized carbons (Fsp3) is 0.550. The molecule has 1 saturated carbocycles. The van der Waals surface area contributed by atoms with Crippen molar-refractivity contribution >= 4 is 24.1 Å². The number of carbonyl (C=O) groups excluding carboxylic acids is 1. The van der Waals surface area contributed by atoms with Gasteiger partial charge in [-0.1, -0.05) is 31.1 Å². The van der Waals surface area contributed by atoms with Gasteiger partial charge >= 0.3 is 6.03 Å². The second-order valence-electron chi connectivity index (χ2n) is 7.05. The van der Waals surface area contributed by atoms with Crippen LogP contribution in [0.15, 0.2) is 30.5 Å². The van der Waals surface area contributed by atoms with Gasteiger partial charge in [0, 0.05) is 38.1 Å². The highest BCUT2D eigenvalue weighted by Crippen LogP contribution is 2.25. The molecule has 3 rings (SSSR count). The van der Waals surface area contributed by atoms with E-state index in [9.17, 15) is 4.79 Å². The lowest BCUT2D eigenvalue weighted by molar-refractivity contribution is 0.198. The van der Waals surface area contributed by atoms with E-state index >= 15 is 0 Å². The Hall–Kier alpha value is -1.68. The third-order valence-electron chi connectivity index (χ3n) is 5.46. The van der Waals surface area contributed by atoms with Gasteiger partial charge in [-0.3, -0.25) is 0 Å². The Morgan fingerprint density at radius 3 is 2.48 bits per heavy atom. The Morgan fingerprint density at radius 1 is 1.12 bits per heavy atom. The number of anilines is 1. The summed E-state index contributed by atoms with van der Waals surface area (Å²) in [6.45, 7) is 7.66. The Balaban J connectivity index is 0.00000225. The lowest BCUT2D eigenvalue weighted by Gasteiger charge is -2.36. The summed E-state index contributed by atoms with van der Waals surface area (Å²) in [5, 5.41) is 2.94. The molecule has 1 aliphatic carbocycles. The third-order valence-corrected chi connectivity index (χ3v) is 5.46. The fourth-order valence-electron chi connectivity index (χ4n) is 3.73. The van der Waals surface area contributed by atoms with E-state index in [0.717, 1.165) is 26.2 Å². The first-order valence-electron chi connectivity index (χ1n) is 9.18. The van der Waals surface area contributed by atoms with Crippen molar-refractivity contribution in [1.29, 1.82) is 0 Å². The molecule has 5 heteroatoms. The van der Waals surface area contributed by atoms with Gasteiger partial charge in [-0.25, -0.2) is 4.79 Å². The van der Waals surface area contributed by atoms with Gasteiger partial charge in [0.15, 0.2) is 0 Å². The average molecular weight is 364 g/mol. The van der Waals surface area contributed by atoms with Gasteiger partial charge in [0.2, 0.25) is 0 Å². The van der Waals surface area contributed by atoms with Crippen molar-refractivity contribution in [2.45, 2.75) is 39.5 Å². The first-order chi connectivity index (χ1) is 11.6. The summed E-state index contributed by atoms with van der Waals surface area (Å²) in [7, 11) is 0. The predicted octanol–water partition coefficient (Wildman–Crippen LogP) is 4.26. The van der Waals surface area contributed by atoms with Crippen molar-refractivity contribution in [3.63, 3.8) is 0 Å². The van der Waals surface area contributed by atoms with Crippen LogP contribution >= 0.6 is 12.4 Å². The zero-order valence-electron chi connectivity index (χ0n) is 15.3. The van der Waals surface area contributed by atoms with Crippen LogP contribution in [0.25, 0.3) is 0 Å². The molecule has 0 unspecified atom stereocenters. The maximum absolute atomic E-state index is 12.3. The van der Waals surface area contributed by atoms with E-state index in [4.69, 9.17) is 0 Å². The number of hydrogen-bond acceptors (Lipinski definition) is 2. The summed E-state index contributed by atoms with van der Waals surface area (Å²) >= 11 is 0. The maximum atomic E-state index is 12.3. The molecule has 1 aromatic rings. The number of halogens is 1. The Labute approximate surface area is 157 Å². The highest BCUT2D eigenvalue weighted by atomic mass is 35.5. The van der Waals surface area contributed by atoms with Gasteiger partial charge in [-0.05, 0) is 49.8 Å². The van der Waals surface area contributed by atoms with Crippen molar-refractivity contribution in [3.8, 4) is 0 Å². The summed E-state index contributed by atoms with van der Waals surface area (Å²) in [4.78, 5) is 16.6. The molecule has 0 radical (unpaired) electrons. The number of amides is 2. The van der Waals surface area contributed by atoms with E-state index in [-0.39, 0.29) is 18.4 Å². The van der Waals surface area contributed by atoms with Crippen LogP contribution in [0.4, 0.5) is 10.5 Å². The Bertz CT molecular complexity index is 603. The minimum absolute atomic E-state index is 0. The number of piperazine rings is 1. The fourth-order valence-corrected chi connectivity index (χ4v) is 3.73. The molecule has 4 nitrogen and oxygen atoms in total. The van der Waals surface area contributed by atoms with Gasteiger partial charge in [0.05, 0.1) is 0 Å². The van der Waals surface area contributed by atoms with Gasteiger partial charge in [-0.15, -0.1) is 12.4 Å². The van der Waals surface area contributed by atoms with Crippen LogP contribution in [0.1, 0.15) is 36.8 Å². The molecule has 138 valence electrons. The summed E-state index contributed by atoms with van der Waals surface area (Å²) in [5.74, 6) is 0.659. The molecule has 0 aromatic heterocycles. The molecule has 1 heterocycles. The lowest BCUT2D eigenvalue weighted by Crippen LogP contribution is -2.51. The minimum atomic E-state index is 0. The van der Waals surface area contributed by atoms with Crippen LogP contribution in [-0.2, 0) is 0 Å². The average Bonchev–Trinajstić information content (AvgIpc) is 3.11. The van der Waals surface area contributed by atoms with Crippen molar-refractivity contribution in [2.75, 3.05) is 31.1 Å². The third kappa shape index (κ3) is 4.91. The number of nitrogens with one attached hydrogen (secondary N) is 1. The quantitative estimate of drug-likeness (QED) is 0.870. The number of allylic oxidation sites excluding steroid dienone is 1. The van der Waals surface area contributed by atoms with Crippen LogP contribution < -0.4 is 10.2 Å². The van der Waals surface area contributed by atoms with Crippen molar-refractivity contribution < 1.29 is 4.79 Å². The van der Waals surface area contributed by atoms with Crippen molar-refractivity contribution in [3.05, 3.63) is 41.6 Å². The van der Waals surface area contributed by atoms with E-state index in [2.05, 4.69) is 48.3 Å². The van der Waals surface area contributed by atoms with Gasteiger partial charge in [0.25, 0.3) is 0 Å². The summed E-state index contributed by atoms with van der Waals surface area (Å²) < 4.78 is 0.